The van der Waals surface area contributed by atoms with Crippen LogP contribution in [-0.2, 0) is 6.42 Å². The van der Waals surface area contributed by atoms with Crippen LogP contribution in [0, 0.1) is 0 Å². The Kier molecular flexibility index (Phi) is 1.95. The molecule has 1 atom stereocenters. The number of aromatic nitrogens is 2. The highest BCUT2D eigenvalue weighted by Crippen LogP contribution is 2.23. The molecule has 0 N–H and O–H groups in total. The van der Waals surface area contributed by atoms with E-state index in [1.807, 2.05) is 0 Å². The fourth-order valence-corrected chi connectivity index (χ4v) is 2.63. The average molecular weight is 400 g/mol. The Morgan fingerprint density at radius 2 is 2.04 bits per heavy atom. The van der Waals surface area contributed by atoms with Crippen molar-refractivity contribution in [3.63, 3.8) is 0 Å². The first-order valence-electron chi connectivity index (χ1n) is 16.7. The molecule has 0 saturated carbocycles. The Bertz CT molecular complexity index is 1740. The first kappa shape index (κ1) is 6.71. The molecule has 2 heterocycles. The number of hydrogen-bond acceptors (Lipinski definition) is 3. The summed E-state index contributed by atoms with van der Waals surface area (Å²) in [7, 11) is 0. The van der Waals surface area contributed by atoms with Crippen molar-refractivity contribution in [1.82, 2.24) is 14.7 Å². The minimum Gasteiger partial charge on any atom is -0.306 e. The second-order valence-electron chi connectivity index (χ2n) is 5.46. The highest BCUT2D eigenvalue weighted by atomic mass is 35.5. The van der Waals surface area contributed by atoms with E-state index < -0.39 is 96.6 Å². The number of nitrogens with zero attached hydrogens (tertiary/aromatic N) is 3. The maximum atomic E-state index is 13.9. The monoisotopic (exact) mass is 399 g/mol. The summed E-state index contributed by atoms with van der Waals surface area (Å²) in [5.74, 6) is 0. The fraction of sp³-hybridized carbons (Fsp3) is 0.364. The van der Waals surface area contributed by atoms with Gasteiger partial charge in [-0.3, -0.25) is 4.79 Å². The van der Waals surface area contributed by atoms with Crippen LogP contribution < -0.4 is 5.56 Å². The van der Waals surface area contributed by atoms with Crippen LogP contribution in [0.25, 0.3) is 10.8 Å². The molecule has 1 aromatic heterocycles. The number of benzene rings is 2. The van der Waals surface area contributed by atoms with Gasteiger partial charge in [-0.15, -0.1) is 0 Å². The van der Waals surface area contributed by atoms with Gasteiger partial charge in [-0.2, -0.15) is 5.10 Å². The van der Waals surface area contributed by atoms with E-state index in [1.165, 1.54) is 18.2 Å². The summed E-state index contributed by atoms with van der Waals surface area (Å²) in [6.45, 7) is -12.3. The third kappa shape index (κ3) is 3.92. The van der Waals surface area contributed by atoms with E-state index in [1.54, 1.807) is 0 Å². The molecule has 4 nitrogen and oxygen atoms in total. The molecule has 4 rings (SSSR count). The summed E-state index contributed by atoms with van der Waals surface area (Å²) in [6.07, 6.45) is -13.4. The number of likely N-dealkylation sites (tertiary alicyclic amines) is 1. The number of halogens is 1. The molecule has 27 heavy (non-hydrogen) atoms. The molecule has 1 aliphatic rings. The van der Waals surface area contributed by atoms with Gasteiger partial charge in [0.25, 0.3) is 5.56 Å². The molecule has 2 aromatic carbocycles. The Morgan fingerprint density at radius 3 is 2.81 bits per heavy atom. The molecule has 1 unspecified atom stereocenters. The van der Waals surface area contributed by atoms with Gasteiger partial charge in [-0.1, -0.05) is 41.9 Å². The topological polar surface area (TPSA) is 38.1 Å². The highest BCUT2D eigenvalue weighted by molar-refractivity contribution is 6.30. The molecule has 0 amide bonds. The van der Waals surface area contributed by atoms with Crippen LogP contribution in [0.5, 0.6) is 0 Å². The molecular formula is C22H24ClN3O. The second kappa shape index (κ2) is 7.83. The normalized spacial score (nSPS) is 40.8. The molecule has 1 fully saturated rings. The molecule has 3 aromatic rings. The first-order chi connectivity index (χ1) is 20.2. The van der Waals surface area contributed by atoms with Crippen molar-refractivity contribution in [2.24, 2.45) is 0 Å². The van der Waals surface area contributed by atoms with Crippen molar-refractivity contribution in [3.8, 4) is 0 Å². The molecule has 5 heteroatoms. The number of fused-ring (bicyclic) bond motifs is 1. The summed E-state index contributed by atoms with van der Waals surface area (Å²) in [6, 6.07) is -1.51. The number of rotatable bonds is 3. The zero-order chi connectivity index (χ0) is 34.7. The lowest BCUT2D eigenvalue weighted by molar-refractivity contribution is 0.334. The van der Waals surface area contributed by atoms with Gasteiger partial charge in [0.15, 0.2) is 0 Å². The zero-order valence-electron chi connectivity index (χ0n) is 31.6. The Morgan fingerprint density at radius 1 is 1.26 bits per heavy atom. The van der Waals surface area contributed by atoms with Crippen LogP contribution >= 0.6 is 11.6 Å². The smallest absolute Gasteiger partial charge is 0.274 e. The molecule has 0 bridgehead atoms. The van der Waals surface area contributed by atoms with Crippen molar-refractivity contribution in [3.05, 3.63) is 75.1 Å². The van der Waals surface area contributed by atoms with Crippen LogP contribution in [0.4, 0.5) is 0 Å². The van der Waals surface area contributed by atoms with Crippen LogP contribution in [0.1, 0.15) is 61.1 Å². The van der Waals surface area contributed by atoms with Crippen LogP contribution in [0.2, 0.25) is 5.02 Å². The lowest BCUT2D eigenvalue weighted by atomic mass is 10.0. The molecule has 1 saturated heterocycles. The standard InChI is InChI=1S/C22H24ClN3O/c1-25-13-4-5-18(12-14-25)26-22(27)20-7-3-2-6-19(20)21(24-26)15-16-8-10-17(23)11-9-16/h2-3,6-11,18H,4-5,12-15H2,1H3/i1D3,4D2,5D2,8D,9D,10D,11D,12D2,13D2,14D2,18D. The van der Waals surface area contributed by atoms with E-state index in [-0.39, 0.29) is 21.3 Å². The highest BCUT2D eigenvalue weighted by Gasteiger charge is 2.21. The van der Waals surface area contributed by atoms with Crippen molar-refractivity contribution in [2.45, 2.75) is 31.6 Å². The van der Waals surface area contributed by atoms with Gasteiger partial charge in [0.05, 0.1) is 24.0 Å². The van der Waals surface area contributed by atoms with Gasteiger partial charge >= 0.3 is 0 Å². The lowest BCUT2D eigenvalue weighted by Gasteiger charge is -2.19. The Balaban J connectivity index is 2.19. The quantitative estimate of drug-likeness (QED) is 0.659. The van der Waals surface area contributed by atoms with Gasteiger partial charge in [-0.05, 0) is 62.8 Å². The predicted octanol–water partition coefficient (Wildman–Crippen LogP) is 4.30. The maximum Gasteiger partial charge on any atom is 0.274 e. The first-order valence-corrected chi connectivity index (χ1v) is 8.10. The van der Waals surface area contributed by atoms with Gasteiger partial charge in [-0.25, -0.2) is 4.68 Å². The summed E-state index contributed by atoms with van der Waals surface area (Å²) < 4.78 is 150. The van der Waals surface area contributed by atoms with Crippen LogP contribution in [0.3, 0.4) is 0 Å². The van der Waals surface area contributed by atoms with E-state index in [2.05, 4.69) is 5.10 Å². The van der Waals surface area contributed by atoms with Crippen molar-refractivity contribution in [1.29, 1.82) is 0 Å². The number of hydrogen-bond donors (Lipinski definition) is 0. The lowest BCUT2D eigenvalue weighted by Crippen LogP contribution is -2.29. The van der Waals surface area contributed by atoms with Gasteiger partial charge in [0.1, 0.15) is 0 Å². The third-order valence-electron chi connectivity index (χ3n) is 3.72. The molecular weight excluding hydrogens is 358 g/mol. The van der Waals surface area contributed by atoms with E-state index in [0.717, 1.165) is 6.07 Å². The van der Waals surface area contributed by atoms with Crippen molar-refractivity contribution >= 4 is 22.4 Å². The van der Waals surface area contributed by atoms with Crippen molar-refractivity contribution < 1.29 is 24.7 Å². The predicted molar refractivity (Wildman–Crippen MR) is 111 cm³/mol. The minimum absolute atomic E-state index is 0.0469. The summed E-state index contributed by atoms with van der Waals surface area (Å²) in [4.78, 5) is 13.1. The maximum absolute atomic E-state index is 13.9. The SMILES string of the molecule is [2H]c1c([2H])c(Cc2nn(C3([2H])C([2H])([2H])C([2H])([2H])N(C([2H])([2H])[2H])C([2H])([2H])C([2H])([2H])C3([2H])[2H])c(=O)c3ccccc23)c([2H])c([2H])c1Cl. The Hall–Kier alpha value is -2.17. The molecule has 0 aliphatic carbocycles. The van der Waals surface area contributed by atoms with Crippen LogP contribution in [0.15, 0.2) is 53.2 Å². The fourth-order valence-electron chi connectivity index (χ4n) is 2.53. The molecule has 140 valence electrons. The van der Waals surface area contributed by atoms with Crippen molar-refractivity contribution in [2.75, 3.05) is 20.0 Å². The van der Waals surface area contributed by atoms with E-state index >= 15 is 0 Å². The average Bonchev–Trinajstić information content (AvgIpc) is 2.93. The summed E-state index contributed by atoms with van der Waals surface area (Å²) >= 11 is 5.89. The molecule has 1 aliphatic heterocycles. The summed E-state index contributed by atoms with van der Waals surface area (Å²) in [5, 5.41) is 3.01. The van der Waals surface area contributed by atoms with E-state index in [4.69, 9.17) is 34.9 Å². The van der Waals surface area contributed by atoms with Gasteiger partial charge in [0, 0.05) is 34.6 Å². The minimum atomic E-state index is -4.27. The molecule has 0 radical (unpaired) electrons. The zero-order valence-corrected chi connectivity index (χ0v) is 14.4. The van der Waals surface area contributed by atoms with E-state index in [9.17, 15) is 6.17 Å². The largest absolute Gasteiger partial charge is 0.306 e. The van der Waals surface area contributed by atoms with E-state index in [0.29, 0.717) is 0 Å². The molecule has 0 spiro atoms. The Labute approximate surface area is 189 Å². The third-order valence-corrected chi connectivity index (χ3v) is 3.91. The van der Waals surface area contributed by atoms with Gasteiger partial charge in [0.2, 0.25) is 0 Å². The second-order valence-corrected chi connectivity index (χ2v) is 5.84. The van der Waals surface area contributed by atoms with Crippen LogP contribution in [-0.4, -0.2) is 34.6 Å². The summed E-state index contributed by atoms with van der Waals surface area (Å²) in [5.41, 5.74) is -2.17. The van der Waals surface area contributed by atoms with Gasteiger partial charge < -0.3 is 4.90 Å².